The van der Waals surface area contributed by atoms with Crippen molar-refractivity contribution in [3.8, 4) is 0 Å². The van der Waals surface area contributed by atoms with Gasteiger partial charge in [0.15, 0.2) is 0 Å². The van der Waals surface area contributed by atoms with E-state index in [0.717, 1.165) is 6.71 Å². The highest BCUT2D eigenvalue weighted by Crippen LogP contribution is 2.01. The van der Waals surface area contributed by atoms with Crippen molar-refractivity contribution in [1.82, 2.24) is 4.90 Å². The van der Waals surface area contributed by atoms with E-state index in [1.165, 1.54) is 38.6 Å². The molecule has 0 aromatic carbocycles. The lowest BCUT2D eigenvalue weighted by atomic mass is 9.44. The fourth-order valence-electron chi connectivity index (χ4n) is 1.54. The van der Waals surface area contributed by atoms with Gasteiger partial charge in [-0.3, -0.25) is 0 Å². The van der Waals surface area contributed by atoms with Crippen LogP contribution in [0.3, 0.4) is 0 Å². The summed E-state index contributed by atoms with van der Waals surface area (Å²) in [5.41, 5.74) is 0. The first kappa shape index (κ1) is 20.7. The van der Waals surface area contributed by atoms with Crippen molar-refractivity contribution < 1.29 is 0 Å². The quantitative estimate of drug-likeness (QED) is 0.620. The van der Waals surface area contributed by atoms with Crippen molar-refractivity contribution in [3.63, 3.8) is 0 Å². The van der Waals surface area contributed by atoms with Gasteiger partial charge >= 0.3 is 0 Å². The predicted octanol–water partition coefficient (Wildman–Crippen LogP) is 4.31. The SMILES string of the molecule is CCB(CC)CC.CCN(CC)CC.Cl. The summed E-state index contributed by atoms with van der Waals surface area (Å²) in [6.07, 6.45) is 4.06. The second kappa shape index (κ2) is 16.7. The summed E-state index contributed by atoms with van der Waals surface area (Å²) in [6, 6.07) is 0. The average Bonchev–Trinajstić information content (AvgIpc) is 2.24. The maximum Gasteiger partial charge on any atom is 0.139 e. The van der Waals surface area contributed by atoms with Crippen LogP contribution in [-0.2, 0) is 0 Å². The minimum atomic E-state index is 0. The molecule has 0 saturated heterocycles. The van der Waals surface area contributed by atoms with Gasteiger partial charge in [-0.1, -0.05) is 60.5 Å². The van der Waals surface area contributed by atoms with Gasteiger partial charge in [0.25, 0.3) is 0 Å². The molecular formula is C12H31BClN. The first-order valence-electron chi connectivity index (χ1n) is 6.42. The van der Waals surface area contributed by atoms with Gasteiger partial charge in [-0.15, -0.1) is 12.4 Å². The lowest BCUT2D eigenvalue weighted by molar-refractivity contribution is 0.321. The van der Waals surface area contributed by atoms with Crippen molar-refractivity contribution in [2.75, 3.05) is 19.6 Å². The molecule has 0 aliphatic heterocycles. The van der Waals surface area contributed by atoms with Gasteiger partial charge in [-0.25, -0.2) is 0 Å². The lowest BCUT2D eigenvalue weighted by Crippen LogP contribution is -2.21. The van der Waals surface area contributed by atoms with Gasteiger partial charge in [-0.05, 0) is 19.6 Å². The fourth-order valence-corrected chi connectivity index (χ4v) is 1.54. The van der Waals surface area contributed by atoms with E-state index in [2.05, 4.69) is 46.4 Å². The summed E-state index contributed by atoms with van der Waals surface area (Å²) in [4.78, 5) is 2.38. The van der Waals surface area contributed by atoms with E-state index in [1.807, 2.05) is 0 Å². The minimum absolute atomic E-state index is 0. The number of hydrogen-bond acceptors (Lipinski definition) is 1. The predicted molar refractivity (Wildman–Crippen MR) is 77.9 cm³/mol. The molecule has 0 radical (unpaired) electrons. The second-order valence-electron chi connectivity index (χ2n) is 3.71. The van der Waals surface area contributed by atoms with Crippen LogP contribution in [0.25, 0.3) is 0 Å². The highest BCUT2D eigenvalue weighted by atomic mass is 35.5. The Labute approximate surface area is 104 Å². The van der Waals surface area contributed by atoms with Crippen molar-refractivity contribution in [3.05, 3.63) is 0 Å². The topological polar surface area (TPSA) is 3.24 Å². The maximum atomic E-state index is 2.38. The highest BCUT2D eigenvalue weighted by molar-refractivity contribution is 6.58. The molecule has 0 aliphatic carbocycles. The van der Waals surface area contributed by atoms with Crippen LogP contribution in [0.1, 0.15) is 41.5 Å². The molecule has 3 heteroatoms. The second-order valence-corrected chi connectivity index (χ2v) is 3.71. The van der Waals surface area contributed by atoms with Crippen LogP contribution in [0.4, 0.5) is 0 Å². The lowest BCUT2D eigenvalue weighted by Gasteiger charge is -2.13. The molecule has 0 unspecified atom stereocenters. The van der Waals surface area contributed by atoms with Crippen molar-refractivity contribution in [1.29, 1.82) is 0 Å². The van der Waals surface area contributed by atoms with E-state index in [-0.39, 0.29) is 12.4 Å². The Kier molecular flexibility index (Phi) is 23.1. The number of halogens is 1. The van der Waals surface area contributed by atoms with Crippen LogP contribution in [0.2, 0.25) is 19.0 Å². The molecule has 0 bridgehead atoms. The third kappa shape index (κ3) is 14.3. The minimum Gasteiger partial charge on any atom is -0.304 e. The number of hydrogen-bond donors (Lipinski definition) is 0. The molecule has 0 amide bonds. The highest BCUT2D eigenvalue weighted by Gasteiger charge is 2.01. The van der Waals surface area contributed by atoms with E-state index >= 15 is 0 Å². The molecule has 0 saturated carbocycles. The van der Waals surface area contributed by atoms with Gasteiger partial charge in [0.1, 0.15) is 6.71 Å². The summed E-state index contributed by atoms with van der Waals surface area (Å²) in [5, 5.41) is 0. The Balaban J connectivity index is -0.000000180. The Hall–Kier alpha value is 0.315. The van der Waals surface area contributed by atoms with Gasteiger partial charge in [0, 0.05) is 0 Å². The molecule has 15 heavy (non-hydrogen) atoms. The van der Waals surface area contributed by atoms with Crippen LogP contribution < -0.4 is 0 Å². The first-order chi connectivity index (χ1) is 6.69. The van der Waals surface area contributed by atoms with Crippen molar-refractivity contribution in [2.24, 2.45) is 0 Å². The van der Waals surface area contributed by atoms with E-state index in [0.29, 0.717) is 0 Å². The molecule has 1 nitrogen and oxygen atoms in total. The molecule has 0 fully saturated rings. The smallest absolute Gasteiger partial charge is 0.139 e. The summed E-state index contributed by atoms with van der Waals surface area (Å²) in [5.74, 6) is 0. The Bertz CT molecular complexity index is 70.6. The molecule has 0 heterocycles. The third-order valence-electron chi connectivity index (χ3n) is 3.07. The molecule has 0 aliphatic rings. The zero-order valence-electron chi connectivity index (χ0n) is 11.7. The molecule has 0 aromatic heterocycles. The molecule has 94 valence electrons. The van der Waals surface area contributed by atoms with Crippen molar-refractivity contribution >= 4 is 19.1 Å². The zero-order valence-corrected chi connectivity index (χ0v) is 12.5. The molecule has 0 N–H and O–H groups in total. The summed E-state index contributed by atoms with van der Waals surface area (Å²) < 4.78 is 0. The molecule has 0 aromatic rings. The summed E-state index contributed by atoms with van der Waals surface area (Å²) in [7, 11) is 0. The van der Waals surface area contributed by atoms with Gasteiger partial charge in [0.2, 0.25) is 0 Å². The molecule has 0 rings (SSSR count). The van der Waals surface area contributed by atoms with E-state index in [4.69, 9.17) is 0 Å². The molecule has 0 atom stereocenters. The van der Waals surface area contributed by atoms with E-state index in [1.54, 1.807) is 0 Å². The maximum absolute atomic E-state index is 2.38. The largest absolute Gasteiger partial charge is 0.304 e. The number of rotatable bonds is 6. The van der Waals surface area contributed by atoms with Crippen LogP contribution in [0.15, 0.2) is 0 Å². The first-order valence-corrected chi connectivity index (χ1v) is 6.42. The van der Waals surface area contributed by atoms with Gasteiger partial charge in [0.05, 0.1) is 0 Å². The Morgan fingerprint density at radius 3 is 0.933 bits per heavy atom. The Morgan fingerprint density at radius 2 is 0.933 bits per heavy atom. The third-order valence-corrected chi connectivity index (χ3v) is 3.07. The summed E-state index contributed by atoms with van der Waals surface area (Å²) in [6.45, 7) is 17.9. The van der Waals surface area contributed by atoms with Gasteiger partial charge < -0.3 is 4.90 Å². The van der Waals surface area contributed by atoms with Crippen LogP contribution >= 0.6 is 12.4 Å². The number of nitrogens with zero attached hydrogens (tertiary/aromatic N) is 1. The normalized spacial score (nSPS) is 9.00. The molecular weight excluding hydrogens is 204 g/mol. The fraction of sp³-hybridized carbons (Fsp3) is 1.00. The zero-order chi connectivity index (χ0) is 11.4. The molecule has 0 spiro atoms. The van der Waals surface area contributed by atoms with Gasteiger partial charge in [-0.2, -0.15) is 0 Å². The van der Waals surface area contributed by atoms with Crippen LogP contribution in [0.5, 0.6) is 0 Å². The van der Waals surface area contributed by atoms with Crippen molar-refractivity contribution in [2.45, 2.75) is 60.5 Å². The standard InChI is InChI=1S/C6H15B.C6H15N.ClH/c2*1-4-7(5-2)6-3;/h2*4-6H2,1-3H3;1H. The van der Waals surface area contributed by atoms with E-state index < -0.39 is 0 Å². The monoisotopic (exact) mass is 235 g/mol. The van der Waals surface area contributed by atoms with Crippen LogP contribution in [0, 0.1) is 0 Å². The average molecular weight is 236 g/mol. The Morgan fingerprint density at radius 1 is 0.667 bits per heavy atom. The summed E-state index contributed by atoms with van der Waals surface area (Å²) >= 11 is 0. The van der Waals surface area contributed by atoms with E-state index in [9.17, 15) is 0 Å². The van der Waals surface area contributed by atoms with Crippen LogP contribution in [-0.4, -0.2) is 31.2 Å².